The quantitative estimate of drug-likeness (QED) is 0.773. The molecule has 0 saturated heterocycles. The molecule has 1 atom stereocenters. The third-order valence-corrected chi connectivity index (χ3v) is 3.57. The fourth-order valence-electron chi connectivity index (χ4n) is 1.29. The van der Waals surface area contributed by atoms with Crippen molar-refractivity contribution < 1.29 is 5.11 Å². The number of thiophene rings is 1. The molecule has 72 valence electrons. The normalized spacial score (nSPS) is 21.4. The van der Waals surface area contributed by atoms with E-state index in [1.54, 1.807) is 11.3 Å². The maximum absolute atomic E-state index is 9.75. The highest BCUT2D eigenvalue weighted by Gasteiger charge is 2.36. The summed E-state index contributed by atoms with van der Waals surface area (Å²) in [5, 5.41) is 15.1. The van der Waals surface area contributed by atoms with E-state index in [9.17, 15) is 5.11 Å². The van der Waals surface area contributed by atoms with Crippen LogP contribution in [-0.4, -0.2) is 17.2 Å². The maximum atomic E-state index is 9.75. The lowest BCUT2D eigenvalue weighted by atomic mass is 10.2. The second kappa shape index (κ2) is 3.40. The van der Waals surface area contributed by atoms with Gasteiger partial charge in [0, 0.05) is 17.0 Å². The van der Waals surface area contributed by atoms with Gasteiger partial charge in [0.2, 0.25) is 0 Å². The number of aliphatic hydroxyl groups is 1. The third-order valence-electron chi connectivity index (χ3n) is 2.59. The molecule has 1 unspecified atom stereocenters. The Kier molecular flexibility index (Phi) is 2.41. The van der Waals surface area contributed by atoms with Gasteiger partial charge in [0.05, 0.1) is 0 Å². The fourth-order valence-corrected chi connectivity index (χ4v) is 2.00. The molecule has 1 aliphatic carbocycles. The topological polar surface area (TPSA) is 32.3 Å². The summed E-state index contributed by atoms with van der Waals surface area (Å²) in [6.07, 6.45) is 2.14. The van der Waals surface area contributed by atoms with Gasteiger partial charge in [-0.2, -0.15) is 0 Å². The minimum atomic E-state index is -0.336. The van der Waals surface area contributed by atoms with Crippen LogP contribution in [0.5, 0.6) is 0 Å². The minimum Gasteiger partial charge on any atom is -0.386 e. The van der Waals surface area contributed by atoms with E-state index in [1.165, 1.54) is 12.8 Å². The summed E-state index contributed by atoms with van der Waals surface area (Å²) in [4.78, 5) is 1.05. The van der Waals surface area contributed by atoms with Crippen molar-refractivity contribution in [2.75, 3.05) is 6.54 Å². The minimum absolute atomic E-state index is 0.318. The number of aliphatic hydroxyl groups excluding tert-OH is 1. The molecule has 1 aromatic heterocycles. The summed E-state index contributed by atoms with van der Waals surface area (Å²) < 4.78 is 0. The van der Waals surface area contributed by atoms with Gasteiger partial charge in [-0.3, -0.25) is 0 Å². The molecule has 1 aliphatic rings. The van der Waals surface area contributed by atoms with Crippen LogP contribution in [0.1, 0.15) is 30.7 Å². The average Bonchev–Trinajstić information content (AvgIpc) is 2.69. The van der Waals surface area contributed by atoms with Crippen LogP contribution in [0.4, 0.5) is 0 Å². The van der Waals surface area contributed by atoms with Crippen LogP contribution in [-0.2, 0) is 0 Å². The van der Waals surface area contributed by atoms with E-state index >= 15 is 0 Å². The van der Waals surface area contributed by atoms with E-state index in [0.29, 0.717) is 12.1 Å². The zero-order chi connectivity index (χ0) is 9.31. The first kappa shape index (κ1) is 9.19. The zero-order valence-corrected chi connectivity index (χ0v) is 8.60. The smallest absolute Gasteiger partial charge is 0.101 e. The van der Waals surface area contributed by atoms with Gasteiger partial charge in [-0.1, -0.05) is 6.07 Å². The Morgan fingerprint density at radius 3 is 3.00 bits per heavy atom. The molecule has 2 N–H and O–H groups in total. The predicted octanol–water partition coefficient (Wildman–Crippen LogP) is 1.92. The first-order valence-corrected chi connectivity index (χ1v) is 5.54. The fraction of sp³-hybridized carbons (Fsp3) is 0.600. The highest BCUT2D eigenvalue weighted by atomic mass is 32.1. The van der Waals surface area contributed by atoms with Crippen LogP contribution in [0.15, 0.2) is 17.5 Å². The molecule has 0 radical (unpaired) electrons. The van der Waals surface area contributed by atoms with E-state index < -0.39 is 0 Å². The zero-order valence-electron chi connectivity index (χ0n) is 7.79. The van der Waals surface area contributed by atoms with Gasteiger partial charge >= 0.3 is 0 Å². The monoisotopic (exact) mass is 197 g/mol. The van der Waals surface area contributed by atoms with Crippen molar-refractivity contribution in [3.8, 4) is 0 Å². The first-order valence-electron chi connectivity index (χ1n) is 4.66. The molecule has 2 nitrogen and oxygen atoms in total. The molecule has 0 aromatic carbocycles. The lowest BCUT2D eigenvalue weighted by Gasteiger charge is -2.14. The van der Waals surface area contributed by atoms with Gasteiger partial charge in [-0.15, -0.1) is 11.3 Å². The average molecular weight is 197 g/mol. The Morgan fingerprint density at radius 2 is 2.46 bits per heavy atom. The summed E-state index contributed by atoms with van der Waals surface area (Å²) in [6, 6.07) is 3.95. The molecule has 0 spiro atoms. The van der Waals surface area contributed by atoms with Crippen LogP contribution in [0.2, 0.25) is 0 Å². The van der Waals surface area contributed by atoms with Crippen LogP contribution < -0.4 is 5.32 Å². The van der Waals surface area contributed by atoms with Gasteiger partial charge < -0.3 is 10.4 Å². The van der Waals surface area contributed by atoms with Crippen LogP contribution >= 0.6 is 11.3 Å². The first-order chi connectivity index (χ1) is 6.20. The summed E-state index contributed by atoms with van der Waals surface area (Å²) in [5.41, 5.74) is 0.318. The number of rotatable bonds is 4. The molecular weight excluding hydrogens is 182 g/mol. The molecule has 0 amide bonds. The van der Waals surface area contributed by atoms with Crippen molar-refractivity contribution in [3.63, 3.8) is 0 Å². The van der Waals surface area contributed by atoms with Crippen molar-refractivity contribution >= 4 is 11.3 Å². The standard InChI is InChI=1S/C10H15NOS/c1-10(4-5-10)11-7-8(12)9-3-2-6-13-9/h2-3,6,8,11-12H,4-5,7H2,1H3. The van der Waals surface area contributed by atoms with Crippen molar-refractivity contribution in [2.45, 2.75) is 31.4 Å². The van der Waals surface area contributed by atoms with Crippen molar-refractivity contribution in [3.05, 3.63) is 22.4 Å². The predicted molar refractivity (Wildman–Crippen MR) is 54.9 cm³/mol. The lowest BCUT2D eigenvalue weighted by Crippen LogP contribution is -2.31. The molecular formula is C10H15NOS. The molecule has 1 heterocycles. The Morgan fingerprint density at radius 1 is 1.69 bits per heavy atom. The molecule has 1 fully saturated rings. The van der Waals surface area contributed by atoms with Crippen LogP contribution in [0, 0.1) is 0 Å². The van der Waals surface area contributed by atoms with E-state index in [1.807, 2.05) is 17.5 Å². The maximum Gasteiger partial charge on any atom is 0.101 e. The van der Waals surface area contributed by atoms with Crippen molar-refractivity contribution in [1.82, 2.24) is 5.32 Å². The van der Waals surface area contributed by atoms with Gasteiger partial charge in [0.1, 0.15) is 6.10 Å². The van der Waals surface area contributed by atoms with Crippen molar-refractivity contribution in [1.29, 1.82) is 0 Å². The summed E-state index contributed by atoms with van der Waals surface area (Å²) in [6.45, 7) is 2.88. The van der Waals surface area contributed by atoms with Gasteiger partial charge in [-0.25, -0.2) is 0 Å². The molecule has 2 rings (SSSR count). The van der Waals surface area contributed by atoms with E-state index in [2.05, 4.69) is 12.2 Å². The van der Waals surface area contributed by atoms with E-state index in [4.69, 9.17) is 0 Å². The Balaban J connectivity index is 1.82. The number of β-amino-alcohol motifs (C(OH)–C–C–N with tert-alkyl or cyclic N) is 1. The summed E-state index contributed by atoms with van der Waals surface area (Å²) in [5.74, 6) is 0. The highest BCUT2D eigenvalue weighted by molar-refractivity contribution is 7.10. The number of hydrogen-bond donors (Lipinski definition) is 2. The van der Waals surface area contributed by atoms with E-state index in [0.717, 1.165) is 4.88 Å². The van der Waals surface area contributed by atoms with Crippen LogP contribution in [0.3, 0.4) is 0 Å². The SMILES string of the molecule is CC1(NCC(O)c2cccs2)CC1. The van der Waals surface area contributed by atoms with Gasteiger partial charge in [-0.05, 0) is 31.2 Å². The second-order valence-electron chi connectivity index (χ2n) is 3.97. The Bertz CT molecular complexity index is 266. The Labute approximate surface area is 82.6 Å². The number of nitrogens with one attached hydrogen (secondary N) is 1. The molecule has 1 saturated carbocycles. The molecule has 0 bridgehead atoms. The van der Waals surface area contributed by atoms with Gasteiger partial charge in [0.25, 0.3) is 0 Å². The van der Waals surface area contributed by atoms with Crippen molar-refractivity contribution in [2.24, 2.45) is 0 Å². The molecule has 0 aliphatic heterocycles. The lowest BCUT2D eigenvalue weighted by molar-refractivity contribution is 0.173. The Hall–Kier alpha value is -0.380. The van der Waals surface area contributed by atoms with E-state index in [-0.39, 0.29) is 6.10 Å². The molecule has 3 heteroatoms. The molecule has 13 heavy (non-hydrogen) atoms. The largest absolute Gasteiger partial charge is 0.386 e. The number of hydrogen-bond acceptors (Lipinski definition) is 3. The molecule has 1 aromatic rings. The summed E-state index contributed by atoms with van der Waals surface area (Å²) in [7, 11) is 0. The van der Waals surface area contributed by atoms with Gasteiger partial charge in [0.15, 0.2) is 0 Å². The summed E-state index contributed by atoms with van der Waals surface area (Å²) >= 11 is 1.61. The van der Waals surface area contributed by atoms with Crippen LogP contribution in [0.25, 0.3) is 0 Å². The third kappa shape index (κ3) is 2.30. The highest BCUT2D eigenvalue weighted by Crippen LogP contribution is 2.34. The second-order valence-corrected chi connectivity index (χ2v) is 4.95.